The standard InChI is InChI=1S/C20H19F3N2O5/c1-2-3-12-28-17(26)13-8-10-14(11-9-13)24-18(27)25-20(19(21,22)23)29-15-6-4-5-7-16(15)30-20/h4-11H,2-3,12H2,1H3,(H2,24,25,27). The number of urea groups is 1. The van der Waals surface area contributed by atoms with Crippen LogP contribution < -0.4 is 20.1 Å². The highest BCUT2D eigenvalue weighted by Crippen LogP contribution is 2.44. The topological polar surface area (TPSA) is 85.9 Å². The molecular weight excluding hydrogens is 405 g/mol. The summed E-state index contributed by atoms with van der Waals surface area (Å²) in [6.45, 7) is 2.25. The largest absolute Gasteiger partial charge is 0.492 e. The van der Waals surface area contributed by atoms with Crippen LogP contribution >= 0.6 is 0 Å². The summed E-state index contributed by atoms with van der Waals surface area (Å²) in [5.41, 5.74) is 0.409. The molecule has 0 atom stereocenters. The Morgan fingerprint density at radius 3 is 2.17 bits per heavy atom. The van der Waals surface area contributed by atoms with Crippen LogP contribution in [0.3, 0.4) is 0 Å². The molecular formula is C20H19F3N2O5. The average Bonchev–Trinajstić information content (AvgIpc) is 3.08. The molecule has 0 unspecified atom stereocenters. The van der Waals surface area contributed by atoms with Crippen LogP contribution in [0.1, 0.15) is 30.1 Å². The molecule has 7 nitrogen and oxygen atoms in total. The number of fused-ring (bicyclic) bond motifs is 1. The number of nitrogens with one attached hydrogen (secondary N) is 2. The van der Waals surface area contributed by atoms with Gasteiger partial charge in [-0.2, -0.15) is 13.2 Å². The van der Waals surface area contributed by atoms with E-state index in [9.17, 15) is 22.8 Å². The number of benzene rings is 2. The first kappa shape index (κ1) is 21.3. The lowest BCUT2D eigenvalue weighted by Gasteiger charge is -2.29. The SMILES string of the molecule is CCCCOC(=O)c1ccc(NC(=O)NC2(C(F)(F)F)Oc3ccccc3O2)cc1. The van der Waals surface area contributed by atoms with Gasteiger partial charge in [-0.15, -0.1) is 0 Å². The number of hydrogen-bond donors (Lipinski definition) is 2. The molecule has 1 aliphatic rings. The lowest BCUT2D eigenvalue weighted by Crippen LogP contribution is -2.65. The summed E-state index contributed by atoms with van der Waals surface area (Å²) < 4.78 is 55.6. The first-order valence-corrected chi connectivity index (χ1v) is 9.14. The van der Waals surface area contributed by atoms with Gasteiger partial charge in [0.2, 0.25) is 0 Å². The van der Waals surface area contributed by atoms with Crippen molar-refractivity contribution in [2.24, 2.45) is 0 Å². The molecule has 0 aromatic heterocycles. The van der Waals surface area contributed by atoms with E-state index in [1.807, 2.05) is 6.92 Å². The van der Waals surface area contributed by atoms with Crippen molar-refractivity contribution in [3.05, 3.63) is 54.1 Å². The van der Waals surface area contributed by atoms with E-state index in [1.54, 1.807) is 5.32 Å². The van der Waals surface area contributed by atoms with E-state index in [0.717, 1.165) is 12.8 Å². The van der Waals surface area contributed by atoms with Crippen LogP contribution in [-0.4, -0.2) is 30.7 Å². The average molecular weight is 424 g/mol. The second-order valence-corrected chi connectivity index (χ2v) is 6.41. The number of rotatable bonds is 6. The monoisotopic (exact) mass is 424 g/mol. The van der Waals surface area contributed by atoms with E-state index in [2.05, 4.69) is 5.32 Å². The minimum atomic E-state index is -5.06. The molecule has 0 bridgehead atoms. The number of anilines is 1. The maximum absolute atomic E-state index is 13.6. The highest BCUT2D eigenvalue weighted by atomic mass is 19.4. The van der Waals surface area contributed by atoms with Crippen LogP contribution in [0, 0.1) is 0 Å². The van der Waals surface area contributed by atoms with Crippen molar-refractivity contribution in [1.29, 1.82) is 0 Å². The normalized spacial score (nSPS) is 14.1. The quantitative estimate of drug-likeness (QED) is 0.529. The van der Waals surface area contributed by atoms with Gasteiger partial charge in [-0.25, -0.2) is 9.59 Å². The zero-order valence-electron chi connectivity index (χ0n) is 15.9. The summed E-state index contributed by atoms with van der Waals surface area (Å²) >= 11 is 0. The first-order valence-electron chi connectivity index (χ1n) is 9.14. The van der Waals surface area contributed by atoms with Crippen molar-refractivity contribution in [2.45, 2.75) is 31.9 Å². The molecule has 2 amide bonds. The number of amides is 2. The molecule has 2 aromatic rings. The Morgan fingerprint density at radius 2 is 1.63 bits per heavy atom. The van der Waals surface area contributed by atoms with E-state index in [-0.39, 0.29) is 22.7 Å². The van der Waals surface area contributed by atoms with Gasteiger partial charge in [0.15, 0.2) is 11.5 Å². The molecule has 10 heteroatoms. The van der Waals surface area contributed by atoms with Crippen LogP contribution in [-0.2, 0) is 4.74 Å². The third-order valence-corrected chi connectivity index (χ3v) is 4.12. The maximum Gasteiger partial charge on any atom is 0.492 e. The Labute approximate surface area is 170 Å². The van der Waals surface area contributed by atoms with Crippen LogP contribution in [0.25, 0.3) is 0 Å². The van der Waals surface area contributed by atoms with Gasteiger partial charge >= 0.3 is 24.1 Å². The molecule has 0 aliphatic carbocycles. The Hall–Kier alpha value is -3.43. The maximum atomic E-state index is 13.6. The van der Waals surface area contributed by atoms with Crippen molar-refractivity contribution >= 4 is 17.7 Å². The molecule has 1 heterocycles. The number of para-hydroxylation sites is 2. The van der Waals surface area contributed by atoms with Crippen LogP contribution in [0.2, 0.25) is 0 Å². The Kier molecular flexibility index (Phi) is 6.04. The van der Waals surface area contributed by atoms with Crippen molar-refractivity contribution in [3.8, 4) is 11.5 Å². The molecule has 2 aromatic carbocycles. The Balaban J connectivity index is 1.65. The number of hydrogen-bond acceptors (Lipinski definition) is 5. The second kappa shape index (κ2) is 8.52. The lowest BCUT2D eigenvalue weighted by atomic mass is 10.2. The number of halogens is 3. The third kappa shape index (κ3) is 4.58. The first-order chi connectivity index (χ1) is 14.2. The highest BCUT2D eigenvalue weighted by Gasteiger charge is 2.65. The molecule has 1 aliphatic heterocycles. The molecule has 0 radical (unpaired) electrons. The summed E-state index contributed by atoms with van der Waals surface area (Å²) in [7, 11) is 0. The van der Waals surface area contributed by atoms with Crippen molar-refractivity contribution in [3.63, 3.8) is 0 Å². The number of carbonyl (C=O) groups is 2. The lowest BCUT2D eigenvalue weighted by molar-refractivity contribution is -0.317. The number of carbonyl (C=O) groups excluding carboxylic acids is 2. The van der Waals surface area contributed by atoms with Gasteiger partial charge in [-0.1, -0.05) is 25.5 Å². The van der Waals surface area contributed by atoms with E-state index < -0.39 is 24.1 Å². The summed E-state index contributed by atoms with van der Waals surface area (Å²) in [6.07, 6.45) is -3.45. The molecule has 0 fully saturated rings. The number of alkyl halides is 3. The Bertz CT molecular complexity index is 890. The summed E-state index contributed by atoms with van der Waals surface area (Å²) in [5.74, 6) is -4.19. The van der Waals surface area contributed by atoms with Gasteiger partial charge in [0.05, 0.1) is 12.2 Å². The fourth-order valence-electron chi connectivity index (χ4n) is 2.58. The smallest absolute Gasteiger partial charge is 0.462 e. The fourth-order valence-corrected chi connectivity index (χ4v) is 2.58. The summed E-state index contributed by atoms with van der Waals surface area (Å²) in [5, 5.41) is 3.94. The van der Waals surface area contributed by atoms with Gasteiger partial charge in [0.1, 0.15) is 0 Å². The minimum Gasteiger partial charge on any atom is -0.462 e. The molecule has 0 spiro atoms. The molecule has 30 heavy (non-hydrogen) atoms. The van der Waals surface area contributed by atoms with E-state index in [4.69, 9.17) is 14.2 Å². The predicted molar refractivity (Wildman–Crippen MR) is 100 cm³/mol. The van der Waals surface area contributed by atoms with Crippen molar-refractivity contribution in [1.82, 2.24) is 5.32 Å². The summed E-state index contributed by atoms with van der Waals surface area (Å²) in [4.78, 5) is 24.1. The van der Waals surface area contributed by atoms with E-state index in [1.165, 1.54) is 48.5 Å². The minimum absolute atomic E-state index is 0.152. The zero-order valence-corrected chi connectivity index (χ0v) is 15.9. The van der Waals surface area contributed by atoms with Gasteiger partial charge in [-0.05, 0) is 42.8 Å². The van der Waals surface area contributed by atoms with Crippen LogP contribution in [0.15, 0.2) is 48.5 Å². The van der Waals surface area contributed by atoms with Crippen LogP contribution in [0.5, 0.6) is 11.5 Å². The van der Waals surface area contributed by atoms with Gasteiger partial charge in [0.25, 0.3) is 0 Å². The fraction of sp³-hybridized carbons (Fsp3) is 0.300. The highest BCUT2D eigenvalue weighted by molar-refractivity contribution is 5.92. The van der Waals surface area contributed by atoms with Gasteiger partial charge < -0.3 is 19.5 Å². The Morgan fingerprint density at radius 1 is 1.03 bits per heavy atom. The summed E-state index contributed by atoms with van der Waals surface area (Å²) in [6, 6.07) is 9.83. The van der Waals surface area contributed by atoms with Crippen LogP contribution in [0.4, 0.5) is 23.7 Å². The van der Waals surface area contributed by atoms with Gasteiger partial charge in [0, 0.05) is 5.69 Å². The molecule has 2 N–H and O–H groups in total. The van der Waals surface area contributed by atoms with E-state index >= 15 is 0 Å². The van der Waals surface area contributed by atoms with Gasteiger partial charge in [-0.3, -0.25) is 5.32 Å². The number of unbranched alkanes of at least 4 members (excludes halogenated alkanes) is 1. The predicted octanol–water partition coefficient (Wildman–Crippen LogP) is 4.45. The van der Waals surface area contributed by atoms with Crippen molar-refractivity contribution in [2.75, 3.05) is 11.9 Å². The number of esters is 1. The number of ether oxygens (including phenoxy) is 3. The second-order valence-electron chi connectivity index (χ2n) is 6.41. The molecule has 0 saturated carbocycles. The molecule has 160 valence electrons. The zero-order chi connectivity index (χ0) is 21.8. The molecule has 0 saturated heterocycles. The van der Waals surface area contributed by atoms with E-state index in [0.29, 0.717) is 6.61 Å². The third-order valence-electron chi connectivity index (χ3n) is 4.12. The van der Waals surface area contributed by atoms with Crippen molar-refractivity contribution < 1.29 is 37.0 Å². The molecule has 3 rings (SSSR count).